The lowest BCUT2D eigenvalue weighted by Crippen LogP contribution is -2.15. The standard InChI is InChI=1S/C20H25NO5/c1-13-6-7-16(11-18(13)22)20(24)26-12-19(23)17-10-14(2)21(15(17)3)8-5-9-25-4/h6-7,10-11,22H,5,8-9,12H2,1-4H3. The maximum atomic E-state index is 12.5. The number of carbonyl (C=O) groups excluding carboxylic acids is 2. The van der Waals surface area contributed by atoms with E-state index < -0.39 is 5.97 Å². The van der Waals surface area contributed by atoms with E-state index in [0.29, 0.717) is 17.7 Å². The Bertz CT molecular complexity index is 807. The number of phenols is 1. The minimum atomic E-state index is -0.637. The maximum Gasteiger partial charge on any atom is 0.338 e. The average molecular weight is 359 g/mol. The molecule has 0 aliphatic carbocycles. The van der Waals surface area contributed by atoms with E-state index in [2.05, 4.69) is 4.57 Å². The van der Waals surface area contributed by atoms with Gasteiger partial charge < -0.3 is 19.1 Å². The van der Waals surface area contributed by atoms with Crippen molar-refractivity contribution in [1.82, 2.24) is 4.57 Å². The first kappa shape index (κ1) is 19.7. The smallest absolute Gasteiger partial charge is 0.338 e. The Morgan fingerprint density at radius 1 is 1.15 bits per heavy atom. The van der Waals surface area contributed by atoms with Crippen molar-refractivity contribution in [2.45, 2.75) is 33.7 Å². The van der Waals surface area contributed by atoms with Crippen LogP contribution in [0.2, 0.25) is 0 Å². The lowest BCUT2D eigenvalue weighted by molar-refractivity contribution is 0.0474. The molecule has 0 atom stereocenters. The highest BCUT2D eigenvalue weighted by molar-refractivity contribution is 6.00. The molecule has 0 saturated heterocycles. The molecule has 0 spiro atoms. The SMILES string of the molecule is COCCCn1c(C)cc(C(=O)COC(=O)c2ccc(C)c(O)c2)c1C. The highest BCUT2D eigenvalue weighted by Gasteiger charge is 2.18. The zero-order chi connectivity index (χ0) is 19.3. The van der Waals surface area contributed by atoms with Crippen LogP contribution in [0.3, 0.4) is 0 Å². The summed E-state index contributed by atoms with van der Waals surface area (Å²) in [5.74, 6) is -0.867. The largest absolute Gasteiger partial charge is 0.508 e. The predicted molar refractivity (Wildman–Crippen MR) is 97.9 cm³/mol. The number of hydrogen-bond donors (Lipinski definition) is 1. The van der Waals surface area contributed by atoms with Crippen LogP contribution in [0.15, 0.2) is 24.3 Å². The molecule has 1 N–H and O–H groups in total. The molecule has 6 heteroatoms. The molecule has 2 aromatic rings. The van der Waals surface area contributed by atoms with Gasteiger partial charge >= 0.3 is 5.97 Å². The summed E-state index contributed by atoms with van der Waals surface area (Å²) in [6, 6.07) is 6.34. The molecule has 140 valence electrons. The number of Topliss-reactive ketones (excluding diaryl/α,β-unsaturated/α-hetero) is 1. The number of esters is 1. The van der Waals surface area contributed by atoms with Gasteiger partial charge in [-0.2, -0.15) is 0 Å². The van der Waals surface area contributed by atoms with Crippen molar-refractivity contribution < 1.29 is 24.2 Å². The lowest BCUT2D eigenvalue weighted by atomic mass is 10.1. The highest BCUT2D eigenvalue weighted by Crippen LogP contribution is 2.19. The van der Waals surface area contributed by atoms with Gasteiger partial charge in [0.15, 0.2) is 6.61 Å². The van der Waals surface area contributed by atoms with Crippen LogP contribution in [0.5, 0.6) is 5.75 Å². The molecule has 1 aromatic carbocycles. The van der Waals surface area contributed by atoms with E-state index in [-0.39, 0.29) is 23.7 Å². The Morgan fingerprint density at radius 3 is 2.54 bits per heavy atom. The highest BCUT2D eigenvalue weighted by atomic mass is 16.5. The molecule has 1 heterocycles. The average Bonchev–Trinajstić information content (AvgIpc) is 2.90. The van der Waals surface area contributed by atoms with Crippen LogP contribution in [-0.2, 0) is 16.0 Å². The first-order chi connectivity index (χ1) is 12.3. The summed E-state index contributed by atoms with van der Waals surface area (Å²) >= 11 is 0. The van der Waals surface area contributed by atoms with Crippen molar-refractivity contribution in [3.63, 3.8) is 0 Å². The molecule has 1 aromatic heterocycles. The van der Waals surface area contributed by atoms with Gasteiger partial charge in [0, 0.05) is 37.2 Å². The van der Waals surface area contributed by atoms with E-state index in [4.69, 9.17) is 9.47 Å². The molecule has 0 radical (unpaired) electrons. The fourth-order valence-corrected chi connectivity index (χ4v) is 2.82. The van der Waals surface area contributed by atoms with Crippen molar-refractivity contribution in [3.05, 3.63) is 52.3 Å². The van der Waals surface area contributed by atoms with Crippen molar-refractivity contribution in [2.24, 2.45) is 0 Å². The number of benzene rings is 1. The molecule has 0 bridgehead atoms. The van der Waals surface area contributed by atoms with Gasteiger partial charge in [-0.15, -0.1) is 0 Å². The van der Waals surface area contributed by atoms with Crippen molar-refractivity contribution >= 4 is 11.8 Å². The summed E-state index contributed by atoms with van der Waals surface area (Å²) in [5.41, 5.74) is 3.27. The first-order valence-corrected chi connectivity index (χ1v) is 8.50. The summed E-state index contributed by atoms with van der Waals surface area (Å²) in [6.07, 6.45) is 0.854. The third-order valence-corrected chi connectivity index (χ3v) is 4.38. The van der Waals surface area contributed by atoms with E-state index in [9.17, 15) is 14.7 Å². The molecule has 0 unspecified atom stereocenters. The number of aromatic nitrogens is 1. The van der Waals surface area contributed by atoms with Gasteiger partial charge in [0.05, 0.1) is 5.56 Å². The van der Waals surface area contributed by atoms with Gasteiger partial charge in [-0.3, -0.25) is 4.79 Å². The van der Waals surface area contributed by atoms with Crippen LogP contribution in [0.25, 0.3) is 0 Å². The maximum absolute atomic E-state index is 12.5. The van der Waals surface area contributed by atoms with Gasteiger partial charge in [-0.05, 0) is 51.0 Å². The second kappa shape index (κ2) is 8.67. The summed E-state index contributed by atoms with van der Waals surface area (Å²) < 4.78 is 12.2. The number of hydrogen-bond acceptors (Lipinski definition) is 5. The summed E-state index contributed by atoms with van der Waals surface area (Å²) in [7, 11) is 1.66. The number of phenolic OH excluding ortho intramolecular Hbond substituents is 1. The van der Waals surface area contributed by atoms with Crippen LogP contribution in [0.4, 0.5) is 0 Å². The Morgan fingerprint density at radius 2 is 1.88 bits per heavy atom. The second-order valence-corrected chi connectivity index (χ2v) is 6.28. The number of aromatic hydroxyl groups is 1. The molecular formula is C20H25NO5. The minimum absolute atomic E-state index is 0.0189. The number of ketones is 1. The fraction of sp³-hybridized carbons (Fsp3) is 0.400. The van der Waals surface area contributed by atoms with Gasteiger partial charge in [-0.1, -0.05) is 6.07 Å². The molecule has 0 amide bonds. The predicted octanol–water partition coefficient (Wildman–Crippen LogP) is 3.20. The third-order valence-electron chi connectivity index (χ3n) is 4.38. The van der Waals surface area contributed by atoms with Crippen LogP contribution < -0.4 is 0 Å². The first-order valence-electron chi connectivity index (χ1n) is 8.50. The van der Waals surface area contributed by atoms with Crippen molar-refractivity contribution in [1.29, 1.82) is 0 Å². The molecule has 0 saturated carbocycles. The van der Waals surface area contributed by atoms with Gasteiger partial charge in [0.2, 0.25) is 5.78 Å². The molecule has 0 aliphatic rings. The summed E-state index contributed by atoms with van der Waals surface area (Å²) in [6.45, 7) is 6.64. The number of nitrogens with zero attached hydrogens (tertiary/aromatic N) is 1. The van der Waals surface area contributed by atoms with Crippen molar-refractivity contribution in [3.8, 4) is 5.75 Å². The quantitative estimate of drug-likeness (QED) is 0.445. The topological polar surface area (TPSA) is 77.8 Å². The molecule has 0 fully saturated rings. The molecule has 26 heavy (non-hydrogen) atoms. The molecule has 6 nitrogen and oxygen atoms in total. The summed E-state index contributed by atoms with van der Waals surface area (Å²) in [5, 5.41) is 9.68. The fourth-order valence-electron chi connectivity index (χ4n) is 2.82. The van der Waals surface area contributed by atoms with Crippen molar-refractivity contribution in [2.75, 3.05) is 20.3 Å². The summed E-state index contributed by atoms with van der Waals surface area (Å²) in [4.78, 5) is 24.5. The van der Waals surface area contributed by atoms with E-state index in [0.717, 1.165) is 24.4 Å². The number of methoxy groups -OCH3 is 1. The van der Waals surface area contributed by atoms with E-state index >= 15 is 0 Å². The minimum Gasteiger partial charge on any atom is -0.508 e. The zero-order valence-electron chi connectivity index (χ0n) is 15.7. The Hall–Kier alpha value is -2.60. The van der Waals surface area contributed by atoms with E-state index in [1.165, 1.54) is 6.07 Å². The Labute approximate surface area is 153 Å². The van der Waals surface area contributed by atoms with Gasteiger partial charge in [-0.25, -0.2) is 4.79 Å². The number of ether oxygens (including phenoxy) is 2. The van der Waals surface area contributed by atoms with Gasteiger partial charge in [0.25, 0.3) is 0 Å². The van der Waals surface area contributed by atoms with Crippen LogP contribution >= 0.6 is 0 Å². The Balaban J connectivity index is 2.02. The second-order valence-electron chi connectivity index (χ2n) is 6.28. The van der Waals surface area contributed by atoms with Gasteiger partial charge in [0.1, 0.15) is 5.75 Å². The van der Waals surface area contributed by atoms with Crippen LogP contribution in [-0.4, -0.2) is 41.7 Å². The molecule has 2 rings (SSSR count). The molecule has 0 aliphatic heterocycles. The van der Waals surface area contributed by atoms with E-state index in [1.54, 1.807) is 26.2 Å². The lowest BCUT2D eigenvalue weighted by Gasteiger charge is -2.09. The number of rotatable bonds is 8. The number of carbonyl (C=O) groups is 2. The molecular weight excluding hydrogens is 334 g/mol. The third kappa shape index (κ3) is 4.52. The number of aryl methyl sites for hydroxylation is 2. The van der Waals surface area contributed by atoms with Crippen LogP contribution in [0.1, 0.15) is 44.1 Å². The Kier molecular flexibility index (Phi) is 6.58. The normalized spacial score (nSPS) is 10.8. The van der Waals surface area contributed by atoms with Crippen LogP contribution in [0, 0.1) is 20.8 Å². The monoisotopic (exact) mass is 359 g/mol. The van der Waals surface area contributed by atoms with E-state index in [1.807, 2.05) is 19.9 Å². The zero-order valence-corrected chi connectivity index (χ0v) is 15.7.